The van der Waals surface area contributed by atoms with Gasteiger partial charge in [-0.3, -0.25) is 9.78 Å². The van der Waals surface area contributed by atoms with E-state index in [1.54, 1.807) is 36.8 Å². The first-order valence-electron chi connectivity index (χ1n) is 11.8. The molecule has 1 fully saturated rings. The minimum Gasteiger partial charge on any atom is -0.361 e. The maximum atomic E-state index is 14.4. The molecule has 0 atom stereocenters. The number of nitrogens with zero attached hydrogens (tertiary/aromatic N) is 4. The quantitative estimate of drug-likeness (QED) is 0.271. The zero-order valence-corrected chi connectivity index (χ0v) is 19.5. The summed E-state index contributed by atoms with van der Waals surface area (Å²) >= 11 is 0. The van der Waals surface area contributed by atoms with Crippen molar-refractivity contribution in [3.63, 3.8) is 0 Å². The van der Waals surface area contributed by atoms with E-state index in [0.29, 0.717) is 33.8 Å². The third-order valence-electron chi connectivity index (χ3n) is 6.24. The van der Waals surface area contributed by atoms with Crippen molar-refractivity contribution >= 4 is 34.5 Å². The molecule has 1 aliphatic rings. The Morgan fingerprint density at radius 1 is 1.17 bits per heavy atom. The second kappa shape index (κ2) is 10.4. The predicted octanol–water partition coefficient (Wildman–Crippen LogP) is 4.58. The van der Waals surface area contributed by atoms with Crippen molar-refractivity contribution in [1.82, 2.24) is 30.2 Å². The first kappa shape index (κ1) is 23.3. The fraction of sp³-hybridized carbons (Fsp3) is 0.231. The fourth-order valence-corrected chi connectivity index (χ4v) is 4.41. The number of fused-ring (bicyclic) bond motifs is 1. The van der Waals surface area contributed by atoms with Gasteiger partial charge in [0, 0.05) is 48.5 Å². The third kappa shape index (κ3) is 5.12. The number of hydrogen-bond acceptors (Lipinski definition) is 7. The van der Waals surface area contributed by atoms with Gasteiger partial charge in [-0.2, -0.15) is 0 Å². The largest absolute Gasteiger partial charge is 0.361 e. The lowest BCUT2D eigenvalue weighted by Gasteiger charge is -2.09. The molecule has 0 bridgehead atoms. The van der Waals surface area contributed by atoms with Gasteiger partial charge in [-0.1, -0.05) is 12.8 Å². The van der Waals surface area contributed by atoms with Crippen LogP contribution < -0.4 is 10.6 Å². The zero-order valence-electron chi connectivity index (χ0n) is 19.5. The minimum atomic E-state index is -0.465. The lowest BCUT2D eigenvalue weighted by molar-refractivity contribution is 0.0947. The Bertz CT molecular complexity index is 1430. The van der Waals surface area contributed by atoms with Gasteiger partial charge < -0.3 is 21.0 Å². The Kier molecular flexibility index (Phi) is 6.74. The average Bonchev–Trinajstić information content (AvgIpc) is 3.58. The molecule has 4 N–H and O–H groups in total. The first-order chi connectivity index (χ1) is 17.6. The lowest BCUT2D eigenvalue weighted by Crippen LogP contribution is -2.24. The van der Waals surface area contributed by atoms with E-state index in [1.807, 2.05) is 0 Å². The number of benzene rings is 1. The van der Waals surface area contributed by atoms with Gasteiger partial charge in [0.1, 0.15) is 23.5 Å². The fourth-order valence-electron chi connectivity index (χ4n) is 4.41. The van der Waals surface area contributed by atoms with Crippen LogP contribution in [0, 0.1) is 11.2 Å². The summed E-state index contributed by atoms with van der Waals surface area (Å²) in [4.78, 5) is 33.1. The Labute approximate surface area is 206 Å². The van der Waals surface area contributed by atoms with Crippen LogP contribution in [-0.4, -0.2) is 37.0 Å². The highest BCUT2D eigenvalue weighted by Gasteiger charge is 2.23. The number of aromatic amines is 1. The average molecular weight is 485 g/mol. The van der Waals surface area contributed by atoms with E-state index < -0.39 is 11.7 Å². The molecule has 10 heteroatoms. The minimum absolute atomic E-state index is 0.0851. The summed E-state index contributed by atoms with van der Waals surface area (Å²) in [6.07, 6.45) is 11.9. The van der Waals surface area contributed by atoms with E-state index in [-0.39, 0.29) is 12.2 Å². The number of amides is 1. The highest BCUT2D eigenvalue weighted by molar-refractivity contribution is 6.08. The second-order valence-electron chi connectivity index (χ2n) is 8.68. The lowest BCUT2D eigenvalue weighted by atomic mass is 10.0. The van der Waals surface area contributed by atoms with Crippen molar-refractivity contribution in [1.29, 1.82) is 5.41 Å². The standard InChI is InChI=1S/C26H25FN8O/c27-20-10-16(9-18(11-20)19(12-28)14-30-21-5-7-29-8-6-21)13-31-26(36)23-22-25(33-15-32-23)35-24(34-22)17-3-1-2-4-17/h5-12,14-15,17,28H,1-4,13H2,(H,29,30)(H,31,36)(H,32,33,34,35)/b19-14+,28-12?. The summed E-state index contributed by atoms with van der Waals surface area (Å²) in [5.74, 6) is 0.327. The van der Waals surface area contributed by atoms with Crippen molar-refractivity contribution in [3.05, 3.63) is 83.7 Å². The van der Waals surface area contributed by atoms with Crippen LogP contribution in [0.5, 0.6) is 0 Å². The smallest absolute Gasteiger partial charge is 0.272 e. The number of pyridine rings is 1. The molecule has 3 heterocycles. The molecule has 9 nitrogen and oxygen atoms in total. The van der Waals surface area contributed by atoms with E-state index in [4.69, 9.17) is 5.41 Å². The number of carbonyl (C=O) groups is 1. The molecule has 182 valence electrons. The molecular weight excluding hydrogens is 459 g/mol. The number of nitrogens with one attached hydrogen (secondary N) is 4. The molecular formula is C26H25FN8O. The van der Waals surface area contributed by atoms with Crippen LogP contribution in [0.1, 0.15) is 59.0 Å². The molecule has 3 aromatic heterocycles. The molecule has 1 aromatic carbocycles. The molecule has 5 rings (SSSR count). The Morgan fingerprint density at radius 2 is 1.97 bits per heavy atom. The van der Waals surface area contributed by atoms with E-state index in [1.165, 1.54) is 31.3 Å². The summed E-state index contributed by atoms with van der Waals surface area (Å²) in [7, 11) is 0. The molecule has 36 heavy (non-hydrogen) atoms. The van der Waals surface area contributed by atoms with Crippen molar-refractivity contribution in [2.24, 2.45) is 0 Å². The number of anilines is 1. The van der Waals surface area contributed by atoms with Gasteiger partial charge in [-0.15, -0.1) is 0 Å². The molecule has 0 saturated heterocycles. The highest BCUT2D eigenvalue weighted by Crippen LogP contribution is 2.33. The van der Waals surface area contributed by atoms with Gasteiger partial charge in [-0.25, -0.2) is 19.3 Å². The molecule has 0 radical (unpaired) electrons. The van der Waals surface area contributed by atoms with E-state index >= 15 is 0 Å². The third-order valence-corrected chi connectivity index (χ3v) is 6.24. The van der Waals surface area contributed by atoms with Gasteiger partial charge in [0.25, 0.3) is 5.91 Å². The number of rotatable bonds is 8. The van der Waals surface area contributed by atoms with Gasteiger partial charge >= 0.3 is 0 Å². The number of imidazole rings is 1. The van der Waals surface area contributed by atoms with E-state index in [0.717, 1.165) is 30.6 Å². The van der Waals surface area contributed by atoms with Crippen molar-refractivity contribution in [3.8, 4) is 0 Å². The highest BCUT2D eigenvalue weighted by atomic mass is 19.1. The normalized spacial score (nSPS) is 14.2. The van der Waals surface area contributed by atoms with Crippen LogP contribution in [0.15, 0.2) is 55.3 Å². The van der Waals surface area contributed by atoms with Gasteiger partial charge in [0.05, 0.1) is 0 Å². The second-order valence-corrected chi connectivity index (χ2v) is 8.68. The summed E-state index contributed by atoms with van der Waals surface area (Å²) < 4.78 is 14.4. The van der Waals surface area contributed by atoms with Crippen LogP contribution in [-0.2, 0) is 6.54 Å². The van der Waals surface area contributed by atoms with Crippen molar-refractivity contribution in [2.45, 2.75) is 38.1 Å². The molecule has 1 amide bonds. The van der Waals surface area contributed by atoms with Crippen LogP contribution in [0.25, 0.3) is 16.7 Å². The van der Waals surface area contributed by atoms with Crippen molar-refractivity contribution < 1.29 is 9.18 Å². The van der Waals surface area contributed by atoms with Gasteiger partial charge in [0.15, 0.2) is 11.3 Å². The molecule has 4 aromatic rings. The van der Waals surface area contributed by atoms with Crippen molar-refractivity contribution in [2.75, 3.05) is 5.32 Å². The molecule has 0 aliphatic heterocycles. The molecule has 0 spiro atoms. The topological polar surface area (TPSA) is 132 Å². The molecule has 1 aliphatic carbocycles. The molecule has 1 saturated carbocycles. The Balaban J connectivity index is 1.32. The number of aromatic nitrogens is 5. The van der Waals surface area contributed by atoms with Crippen LogP contribution in [0.4, 0.5) is 10.1 Å². The van der Waals surface area contributed by atoms with Gasteiger partial charge in [-0.05, 0) is 54.3 Å². The van der Waals surface area contributed by atoms with E-state index in [2.05, 4.69) is 35.6 Å². The predicted molar refractivity (Wildman–Crippen MR) is 135 cm³/mol. The van der Waals surface area contributed by atoms with Crippen LogP contribution >= 0.6 is 0 Å². The maximum absolute atomic E-state index is 14.4. The van der Waals surface area contributed by atoms with Crippen LogP contribution in [0.3, 0.4) is 0 Å². The number of allylic oxidation sites excluding steroid dienone is 1. The first-order valence-corrected chi connectivity index (χ1v) is 11.8. The maximum Gasteiger partial charge on any atom is 0.272 e. The monoisotopic (exact) mass is 484 g/mol. The summed E-state index contributed by atoms with van der Waals surface area (Å²) in [5, 5.41) is 13.7. The number of carbonyl (C=O) groups excluding carboxylic acids is 1. The Hall–Kier alpha value is -4.47. The summed E-state index contributed by atoms with van der Waals surface area (Å²) in [5.41, 5.74) is 3.51. The van der Waals surface area contributed by atoms with Crippen LogP contribution in [0.2, 0.25) is 0 Å². The number of hydrogen-bond donors (Lipinski definition) is 4. The number of H-pyrrole nitrogens is 1. The zero-order chi connectivity index (χ0) is 24.9. The Morgan fingerprint density at radius 3 is 2.75 bits per heavy atom. The number of halogens is 1. The van der Waals surface area contributed by atoms with E-state index in [9.17, 15) is 9.18 Å². The summed E-state index contributed by atoms with van der Waals surface area (Å²) in [6.45, 7) is 0.0851. The molecule has 0 unspecified atom stereocenters. The summed E-state index contributed by atoms with van der Waals surface area (Å²) in [6, 6.07) is 8.00. The SMILES string of the molecule is N=C/C(=C\Nc1ccncc1)c1cc(F)cc(CNC(=O)c2ncnc3nc(C4CCCC4)[nH]c23)c1. The van der Waals surface area contributed by atoms with Gasteiger partial charge in [0.2, 0.25) is 0 Å².